The molecule has 98 valence electrons. The van der Waals surface area contributed by atoms with Crippen LogP contribution in [0, 0.1) is 18.8 Å². The van der Waals surface area contributed by atoms with E-state index in [-0.39, 0.29) is 0 Å². The smallest absolute Gasteiger partial charge is 0.0126 e. The minimum atomic E-state index is 0.609. The molecule has 2 saturated carbocycles. The molecule has 1 unspecified atom stereocenters. The molecule has 18 heavy (non-hydrogen) atoms. The van der Waals surface area contributed by atoms with E-state index in [1.165, 1.54) is 43.2 Å². The molecule has 0 saturated heterocycles. The van der Waals surface area contributed by atoms with Crippen molar-refractivity contribution >= 4 is 0 Å². The Bertz CT molecular complexity index is 392. The highest BCUT2D eigenvalue weighted by Gasteiger charge is 2.41. The van der Waals surface area contributed by atoms with Crippen LogP contribution < -0.4 is 5.32 Å². The Kier molecular flexibility index (Phi) is 3.43. The van der Waals surface area contributed by atoms with Crippen LogP contribution >= 0.6 is 0 Å². The summed E-state index contributed by atoms with van der Waals surface area (Å²) >= 11 is 0. The number of aryl methyl sites for hydroxylation is 1. The average molecular weight is 243 g/mol. The third-order valence-electron chi connectivity index (χ3n) is 4.52. The van der Waals surface area contributed by atoms with E-state index in [4.69, 9.17) is 0 Å². The summed E-state index contributed by atoms with van der Waals surface area (Å²) in [5, 5.41) is 3.92. The molecule has 0 radical (unpaired) electrons. The van der Waals surface area contributed by atoms with Gasteiger partial charge in [0.15, 0.2) is 0 Å². The summed E-state index contributed by atoms with van der Waals surface area (Å²) < 4.78 is 0. The molecular weight excluding hydrogens is 218 g/mol. The molecule has 0 aliphatic heterocycles. The van der Waals surface area contributed by atoms with Crippen LogP contribution in [0.1, 0.15) is 43.7 Å². The number of nitrogens with one attached hydrogen (secondary N) is 1. The molecule has 0 amide bonds. The number of hydrogen-bond donors (Lipinski definition) is 1. The van der Waals surface area contributed by atoms with Gasteiger partial charge < -0.3 is 5.32 Å². The molecule has 3 rings (SSSR count). The highest BCUT2D eigenvalue weighted by Crippen LogP contribution is 2.44. The van der Waals surface area contributed by atoms with Crippen molar-refractivity contribution in [3.05, 3.63) is 35.4 Å². The highest BCUT2D eigenvalue weighted by molar-refractivity contribution is 5.26. The lowest BCUT2D eigenvalue weighted by Crippen LogP contribution is -2.40. The summed E-state index contributed by atoms with van der Waals surface area (Å²) in [5.74, 6) is 1.99. The predicted molar refractivity (Wildman–Crippen MR) is 76.7 cm³/mol. The number of hydrogen-bond acceptors (Lipinski definition) is 1. The first-order valence-corrected chi connectivity index (χ1v) is 7.54. The Balaban J connectivity index is 1.57. The van der Waals surface area contributed by atoms with Gasteiger partial charge in [0.25, 0.3) is 0 Å². The van der Waals surface area contributed by atoms with Crippen LogP contribution in [-0.2, 0) is 6.42 Å². The molecule has 2 aliphatic rings. The second kappa shape index (κ2) is 5.05. The maximum absolute atomic E-state index is 3.92. The topological polar surface area (TPSA) is 12.0 Å². The second-order valence-electron chi connectivity index (χ2n) is 6.40. The first kappa shape index (κ1) is 12.2. The van der Waals surface area contributed by atoms with Gasteiger partial charge in [0.05, 0.1) is 0 Å². The maximum atomic E-state index is 3.92. The number of benzene rings is 1. The molecule has 0 bridgehead atoms. The lowest BCUT2D eigenvalue weighted by atomic mass is 10.00. The maximum Gasteiger partial charge on any atom is 0.0126 e. The van der Waals surface area contributed by atoms with Gasteiger partial charge in [-0.05, 0) is 68.9 Å². The zero-order valence-corrected chi connectivity index (χ0v) is 11.7. The van der Waals surface area contributed by atoms with E-state index in [0.29, 0.717) is 6.04 Å². The average Bonchev–Trinajstić information content (AvgIpc) is 3.22. The highest BCUT2D eigenvalue weighted by atomic mass is 15.0. The Hall–Kier alpha value is -0.820. The molecule has 1 aromatic carbocycles. The summed E-state index contributed by atoms with van der Waals surface area (Å²) in [6.07, 6.45) is 7.02. The summed E-state index contributed by atoms with van der Waals surface area (Å²) in [7, 11) is 0. The van der Waals surface area contributed by atoms with E-state index in [2.05, 4.69) is 43.4 Å². The van der Waals surface area contributed by atoms with Gasteiger partial charge in [-0.2, -0.15) is 0 Å². The van der Waals surface area contributed by atoms with E-state index >= 15 is 0 Å². The first-order valence-electron chi connectivity index (χ1n) is 7.54. The fourth-order valence-corrected chi connectivity index (χ4v) is 3.12. The summed E-state index contributed by atoms with van der Waals surface area (Å²) in [6.45, 7) is 4.57. The van der Waals surface area contributed by atoms with E-state index in [9.17, 15) is 0 Å². The van der Waals surface area contributed by atoms with Crippen LogP contribution in [0.15, 0.2) is 24.3 Å². The van der Waals surface area contributed by atoms with Crippen LogP contribution in [0.4, 0.5) is 0 Å². The third kappa shape index (κ3) is 2.95. The molecule has 2 fully saturated rings. The van der Waals surface area contributed by atoms with Crippen molar-refractivity contribution in [1.29, 1.82) is 0 Å². The zero-order valence-electron chi connectivity index (χ0n) is 11.7. The van der Waals surface area contributed by atoms with E-state index < -0.39 is 0 Å². The molecule has 1 heteroatoms. The van der Waals surface area contributed by atoms with Gasteiger partial charge in [0.2, 0.25) is 0 Å². The van der Waals surface area contributed by atoms with Crippen molar-refractivity contribution in [2.24, 2.45) is 11.8 Å². The Morgan fingerprint density at radius 2 is 1.72 bits per heavy atom. The van der Waals surface area contributed by atoms with Crippen molar-refractivity contribution in [3.8, 4) is 0 Å². The fourth-order valence-electron chi connectivity index (χ4n) is 3.12. The minimum absolute atomic E-state index is 0.609. The molecule has 2 aliphatic carbocycles. The Morgan fingerprint density at radius 1 is 1.11 bits per heavy atom. The molecule has 1 atom stereocenters. The van der Waals surface area contributed by atoms with E-state index in [0.717, 1.165) is 17.9 Å². The Morgan fingerprint density at radius 3 is 2.28 bits per heavy atom. The lowest BCUT2D eigenvalue weighted by Gasteiger charge is -2.23. The van der Waals surface area contributed by atoms with Gasteiger partial charge in [0, 0.05) is 12.1 Å². The largest absolute Gasteiger partial charge is 0.311 e. The summed E-state index contributed by atoms with van der Waals surface area (Å²) in [4.78, 5) is 0. The Labute approximate surface area is 111 Å². The number of rotatable bonds is 6. The monoisotopic (exact) mass is 243 g/mol. The SMILES string of the molecule is Cc1ccccc1CC(C)NC(C1CC1)C1CC1. The molecule has 1 nitrogen and oxygen atoms in total. The van der Waals surface area contributed by atoms with E-state index in [1.807, 2.05) is 0 Å². The summed E-state index contributed by atoms with van der Waals surface area (Å²) in [5.41, 5.74) is 2.93. The second-order valence-corrected chi connectivity index (χ2v) is 6.40. The standard InChI is InChI=1S/C17H25N/c1-12-5-3-4-6-16(12)11-13(2)18-17(14-7-8-14)15-9-10-15/h3-6,13-15,17-18H,7-11H2,1-2H3. The lowest BCUT2D eigenvalue weighted by molar-refractivity contribution is 0.371. The van der Waals surface area contributed by atoms with E-state index in [1.54, 1.807) is 0 Å². The van der Waals surface area contributed by atoms with Crippen molar-refractivity contribution in [3.63, 3.8) is 0 Å². The first-order chi connectivity index (χ1) is 8.74. The molecule has 0 heterocycles. The fraction of sp³-hybridized carbons (Fsp3) is 0.647. The zero-order chi connectivity index (χ0) is 12.5. The van der Waals surface area contributed by atoms with Crippen molar-refractivity contribution in [2.75, 3.05) is 0 Å². The quantitative estimate of drug-likeness (QED) is 0.803. The van der Waals surface area contributed by atoms with Gasteiger partial charge in [-0.25, -0.2) is 0 Å². The minimum Gasteiger partial charge on any atom is -0.311 e. The summed E-state index contributed by atoms with van der Waals surface area (Å²) in [6, 6.07) is 10.2. The van der Waals surface area contributed by atoms with Crippen LogP contribution in [0.2, 0.25) is 0 Å². The van der Waals surface area contributed by atoms with Crippen molar-refractivity contribution in [1.82, 2.24) is 5.32 Å². The van der Waals surface area contributed by atoms with Crippen molar-refractivity contribution in [2.45, 2.75) is 58.0 Å². The molecular formula is C17H25N. The molecule has 1 aromatic rings. The normalized spacial score (nSPS) is 21.3. The molecule has 0 aromatic heterocycles. The van der Waals surface area contributed by atoms with Crippen molar-refractivity contribution < 1.29 is 0 Å². The van der Waals surface area contributed by atoms with Gasteiger partial charge in [-0.1, -0.05) is 24.3 Å². The third-order valence-corrected chi connectivity index (χ3v) is 4.52. The molecule has 0 spiro atoms. The van der Waals surface area contributed by atoms with Gasteiger partial charge >= 0.3 is 0 Å². The van der Waals surface area contributed by atoms with Gasteiger partial charge in [-0.3, -0.25) is 0 Å². The predicted octanol–water partition coefficient (Wildman–Crippen LogP) is 3.70. The van der Waals surface area contributed by atoms with Crippen LogP contribution in [0.25, 0.3) is 0 Å². The molecule has 1 N–H and O–H groups in total. The van der Waals surface area contributed by atoms with Crippen LogP contribution in [-0.4, -0.2) is 12.1 Å². The van der Waals surface area contributed by atoms with Crippen LogP contribution in [0.3, 0.4) is 0 Å². The van der Waals surface area contributed by atoms with Crippen LogP contribution in [0.5, 0.6) is 0 Å². The van der Waals surface area contributed by atoms with Gasteiger partial charge in [-0.15, -0.1) is 0 Å². The van der Waals surface area contributed by atoms with Gasteiger partial charge in [0.1, 0.15) is 0 Å².